The molecule has 0 fully saturated rings. The van der Waals surface area contributed by atoms with Crippen LogP contribution in [0.5, 0.6) is 0 Å². The van der Waals surface area contributed by atoms with E-state index in [0.29, 0.717) is 31.9 Å². The minimum atomic E-state index is -1.03. The number of halogens is 2. The number of ether oxygens (including phenoxy) is 1. The lowest BCUT2D eigenvalue weighted by molar-refractivity contribution is -0.123. The molecular weight excluding hydrogens is 459 g/mol. The second-order valence-corrected chi connectivity index (χ2v) is 8.50. The van der Waals surface area contributed by atoms with Crippen molar-refractivity contribution in [3.63, 3.8) is 0 Å². The first kappa shape index (κ1) is 22.8. The van der Waals surface area contributed by atoms with Crippen LogP contribution in [0.4, 0.5) is 10.7 Å². The maximum atomic E-state index is 12.6. The Bertz CT molecular complexity index is 1150. The van der Waals surface area contributed by atoms with Crippen molar-refractivity contribution in [1.29, 1.82) is 0 Å². The van der Waals surface area contributed by atoms with E-state index in [1.165, 1.54) is 6.92 Å². The van der Waals surface area contributed by atoms with E-state index in [2.05, 4.69) is 10.6 Å². The van der Waals surface area contributed by atoms with Gasteiger partial charge < -0.3 is 15.4 Å². The SMILES string of the molecule is Cc1cc(NC(=O)c2ccccc2Cl)sc1C(=O)OC(C)C(=O)Nc1cccc(Cl)c1. The van der Waals surface area contributed by atoms with Gasteiger partial charge >= 0.3 is 5.97 Å². The fraction of sp³-hybridized carbons (Fsp3) is 0.136. The van der Waals surface area contributed by atoms with Crippen molar-refractivity contribution < 1.29 is 19.1 Å². The van der Waals surface area contributed by atoms with Crippen LogP contribution in [0.15, 0.2) is 54.6 Å². The molecule has 9 heteroatoms. The van der Waals surface area contributed by atoms with Crippen LogP contribution in [-0.4, -0.2) is 23.9 Å². The van der Waals surface area contributed by atoms with Gasteiger partial charge in [0.2, 0.25) is 0 Å². The van der Waals surface area contributed by atoms with Crippen molar-refractivity contribution in [1.82, 2.24) is 0 Å². The highest BCUT2D eigenvalue weighted by molar-refractivity contribution is 7.18. The summed E-state index contributed by atoms with van der Waals surface area (Å²) in [6, 6.07) is 15.0. The highest BCUT2D eigenvalue weighted by Crippen LogP contribution is 2.29. The number of hydrogen-bond acceptors (Lipinski definition) is 5. The van der Waals surface area contributed by atoms with Crippen molar-refractivity contribution in [2.45, 2.75) is 20.0 Å². The molecule has 3 aromatic rings. The highest BCUT2D eigenvalue weighted by Gasteiger charge is 2.23. The summed E-state index contributed by atoms with van der Waals surface area (Å²) >= 11 is 13.0. The van der Waals surface area contributed by atoms with Crippen LogP contribution in [0, 0.1) is 6.92 Å². The summed E-state index contributed by atoms with van der Waals surface area (Å²) in [4.78, 5) is 37.6. The number of nitrogens with one attached hydrogen (secondary N) is 2. The molecule has 31 heavy (non-hydrogen) atoms. The van der Waals surface area contributed by atoms with E-state index in [9.17, 15) is 14.4 Å². The standard InChI is InChI=1S/C22H18Cl2N2O4S/c1-12-10-18(26-21(28)16-8-3-4-9-17(16)24)31-19(12)22(29)30-13(2)20(27)25-15-7-5-6-14(23)11-15/h3-11,13H,1-2H3,(H,25,27)(H,26,28). The molecule has 0 radical (unpaired) electrons. The quantitative estimate of drug-likeness (QED) is 0.440. The zero-order valence-electron chi connectivity index (χ0n) is 16.6. The molecule has 1 aromatic heterocycles. The second-order valence-electron chi connectivity index (χ2n) is 6.60. The lowest BCUT2D eigenvalue weighted by atomic mass is 10.2. The molecule has 1 atom stereocenters. The van der Waals surface area contributed by atoms with Crippen molar-refractivity contribution in [2.75, 3.05) is 10.6 Å². The fourth-order valence-electron chi connectivity index (χ4n) is 2.65. The number of carbonyl (C=O) groups excluding carboxylic acids is 3. The number of esters is 1. The van der Waals surface area contributed by atoms with E-state index in [1.807, 2.05) is 0 Å². The van der Waals surface area contributed by atoms with Crippen LogP contribution in [0.2, 0.25) is 10.0 Å². The Morgan fingerprint density at radius 3 is 2.45 bits per heavy atom. The Kier molecular flexibility index (Phi) is 7.33. The van der Waals surface area contributed by atoms with Gasteiger partial charge in [-0.2, -0.15) is 0 Å². The lowest BCUT2D eigenvalue weighted by Crippen LogP contribution is -2.29. The van der Waals surface area contributed by atoms with Gasteiger partial charge in [-0.15, -0.1) is 11.3 Å². The number of rotatable bonds is 6. The van der Waals surface area contributed by atoms with Gasteiger partial charge in [-0.05, 0) is 55.8 Å². The number of anilines is 2. The molecule has 3 rings (SSSR count). The van der Waals surface area contributed by atoms with Gasteiger partial charge in [0.15, 0.2) is 6.10 Å². The van der Waals surface area contributed by atoms with Crippen LogP contribution in [-0.2, 0) is 9.53 Å². The Balaban J connectivity index is 1.64. The summed E-state index contributed by atoms with van der Waals surface area (Å²) < 4.78 is 5.30. The zero-order valence-corrected chi connectivity index (χ0v) is 18.9. The van der Waals surface area contributed by atoms with Gasteiger partial charge in [0, 0.05) is 10.7 Å². The van der Waals surface area contributed by atoms with Gasteiger partial charge in [0.1, 0.15) is 4.88 Å². The Morgan fingerprint density at radius 1 is 1.00 bits per heavy atom. The summed E-state index contributed by atoms with van der Waals surface area (Å²) in [7, 11) is 0. The van der Waals surface area contributed by atoms with Gasteiger partial charge in [-0.1, -0.05) is 41.4 Å². The van der Waals surface area contributed by atoms with E-state index in [-0.39, 0.29) is 10.8 Å². The van der Waals surface area contributed by atoms with Crippen LogP contribution < -0.4 is 10.6 Å². The minimum Gasteiger partial charge on any atom is -0.448 e. The van der Waals surface area contributed by atoms with Crippen LogP contribution >= 0.6 is 34.5 Å². The van der Waals surface area contributed by atoms with Crippen molar-refractivity contribution in [2.24, 2.45) is 0 Å². The Hall–Kier alpha value is -2.87. The first-order valence-corrected chi connectivity index (χ1v) is 10.8. The van der Waals surface area contributed by atoms with Gasteiger partial charge in [-0.25, -0.2) is 4.79 Å². The molecule has 0 aliphatic rings. The minimum absolute atomic E-state index is 0.289. The average Bonchev–Trinajstić information content (AvgIpc) is 3.08. The van der Waals surface area contributed by atoms with E-state index in [1.54, 1.807) is 61.5 Å². The number of thiophene rings is 1. The topological polar surface area (TPSA) is 84.5 Å². The number of aryl methyl sites for hydroxylation is 1. The van der Waals surface area contributed by atoms with E-state index in [4.69, 9.17) is 27.9 Å². The molecule has 0 spiro atoms. The number of amides is 2. The van der Waals surface area contributed by atoms with Gasteiger partial charge in [0.05, 0.1) is 15.6 Å². The van der Waals surface area contributed by atoms with Crippen LogP contribution in [0.3, 0.4) is 0 Å². The number of hydrogen-bond donors (Lipinski definition) is 2. The molecule has 2 aromatic carbocycles. The highest BCUT2D eigenvalue weighted by atomic mass is 35.5. The van der Waals surface area contributed by atoms with E-state index in [0.717, 1.165) is 11.3 Å². The maximum Gasteiger partial charge on any atom is 0.349 e. The molecule has 160 valence electrons. The van der Waals surface area contributed by atoms with E-state index >= 15 is 0 Å². The summed E-state index contributed by atoms with van der Waals surface area (Å²) in [5.74, 6) is -1.53. The molecule has 1 heterocycles. The molecular formula is C22H18Cl2N2O4S. The fourth-order valence-corrected chi connectivity index (χ4v) is 4.01. The molecule has 0 saturated carbocycles. The Labute approximate surface area is 193 Å². The number of carbonyl (C=O) groups is 3. The molecule has 0 saturated heterocycles. The Morgan fingerprint density at radius 2 is 1.74 bits per heavy atom. The lowest BCUT2D eigenvalue weighted by Gasteiger charge is -2.13. The summed E-state index contributed by atoms with van der Waals surface area (Å²) in [6.45, 7) is 3.19. The molecule has 6 nitrogen and oxygen atoms in total. The van der Waals surface area contributed by atoms with E-state index < -0.39 is 18.0 Å². The third-order valence-electron chi connectivity index (χ3n) is 4.20. The molecule has 0 aliphatic heterocycles. The molecule has 2 N–H and O–H groups in total. The second kappa shape index (κ2) is 9.96. The van der Waals surface area contributed by atoms with Crippen LogP contribution in [0.25, 0.3) is 0 Å². The first-order chi connectivity index (χ1) is 14.7. The van der Waals surface area contributed by atoms with Crippen molar-refractivity contribution in [3.8, 4) is 0 Å². The first-order valence-electron chi connectivity index (χ1n) is 9.18. The maximum absolute atomic E-state index is 12.6. The summed E-state index contributed by atoms with van der Waals surface area (Å²) in [5, 5.41) is 6.63. The largest absolute Gasteiger partial charge is 0.448 e. The van der Waals surface area contributed by atoms with Gasteiger partial charge in [0.25, 0.3) is 11.8 Å². The molecule has 2 amide bonds. The summed E-state index contributed by atoms with van der Waals surface area (Å²) in [5.41, 5.74) is 1.44. The monoisotopic (exact) mass is 476 g/mol. The molecule has 0 bridgehead atoms. The van der Waals surface area contributed by atoms with Crippen molar-refractivity contribution >= 4 is 63.0 Å². The van der Waals surface area contributed by atoms with Crippen molar-refractivity contribution in [3.05, 3.63) is 80.6 Å². The smallest absolute Gasteiger partial charge is 0.349 e. The predicted octanol–water partition coefficient (Wildman–Crippen LogP) is 5.80. The summed E-state index contributed by atoms with van der Waals surface area (Å²) in [6.07, 6.45) is -1.03. The normalized spacial score (nSPS) is 11.5. The average molecular weight is 477 g/mol. The predicted molar refractivity (Wildman–Crippen MR) is 123 cm³/mol. The molecule has 1 unspecified atom stereocenters. The van der Waals surface area contributed by atoms with Gasteiger partial charge in [-0.3, -0.25) is 9.59 Å². The number of benzene rings is 2. The zero-order chi connectivity index (χ0) is 22.5. The third-order valence-corrected chi connectivity index (χ3v) is 5.90. The third kappa shape index (κ3) is 5.85. The molecule has 0 aliphatic carbocycles. The van der Waals surface area contributed by atoms with Crippen LogP contribution in [0.1, 0.15) is 32.5 Å².